The molecule has 11 heteroatoms. The standard InChI is InChI=1S/C15H16B3ClN4O2S/c1-7-4-13(5-9(20-7)10-6-23(2)22-21-10)12-8(3-11(19)26-12)14(16,24)15(17,18)25-13/h3,6-7,9,20,24H,4-5H2,1-2H3/t7-,9-,13-,14-/m0/s1. The van der Waals surface area contributed by atoms with Crippen molar-refractivity contribution in [3.63, 3.8) is 0 Å². The molecule has 2 aliphatic rings. The van der Waals surface area contributed by atoms with E-state index >= 15 is 0 Å². The van der Waals surface area contributed by atoms with Crippen LogP contribution in [0.15, 0.2) is 12.3 Å². The maximum absolute atomic E-state index is 10.7. The first-order chi connectivity index (χ1) is 12.0. The van der Waals surface area contributed by atoms with Gasteiger partial charge in [-0.1, -0.05) is 16.8 Å². The molecule has 1 spiro atoms. The first kappa shape index (κ1) is 18.6. The zero-order valence-electron chi connectivity index (χ0n) is 14.4. The van der Waals surface area contributed by atoms with Crippen molar-refractivity contribution in [3.8, 4) is 0 Å². The molecule has 130 valence electrons. The van der Waals surface area contributed by atoms with Crippen molar-refractivity contribution in [1.82, 2.24) is 20.3 Å². The predicted octanol–water partition coefficient (Wildman–Crippen LogP) is 0.573. The second-order valence-corrected chi connectivity index (χ2v) is 8.98. The molecule has 1 fully saturated rings. The Bertz CT molecular complexity index is 858. The van der Waals surface area contributed by atoms with Gasteiger partial charge in [-0.2, -0.15) is 0 Å². The summed E-state index contributed by atoms with van der Waals surface area (Å²) in [5, 5.41) is 20.5. The fourth-order valence-corrected chi connectivity index (χ4v) is 5.42. The lowest BCUT2D eigenvalue weighted by Gasteiger charge is -2.56. The summed E-state index contributed by atoms with van der Waals surface area (Å²) in [6, 6.07) is 1.56. The minimum Gasteiger partial charge on any atom is -0.394 e. The first-order valence-electron chi connectivity index (χ1n) is 8.26. The second-order valence-electron chi connectivity index (χ2n) is 7.29. The fraction of sp³-hybridized carbons (Fsp3) is 0.600. The first-order valence-corrected chi connectivity index (χ1v) is 9.45. The molecule has 2 aromatic heterocycles. The van der Waals surface area contributed by atoms with Crippen LogP contribution in [-0.2, 0) is 22.9 Å². The molecule has 2 N–H and O–H groups in total. The van der Waals surface area contributed by atoms with Gasteiger partial charge in [0.1, 0.15) is 29.1 Å². The Labute approximate surface area is 164 Å². The number of ether oxygens (including phenoxy) is 1. The molecule has 4 rings (SSSR count). The van der Waals surface area contributed by atoms with Crippen molar-refractivity contribution in [2.24, 2.45) is 7.05 Å². The Hall–Kier alpha value is -0.795. The molecule has 6 nitrogen and oxygen atoms in total. The van der Waals surface area contributed by atoms with E-state index in [9.17, 15) is 5.11 Å². The summed E-state index contributed by atoms with van der Waals surface area (Å²) in [4.78, 5) is 0.751. The highest BCUT2D eigenvalue weighted by Crippen LogP contribution is 2.56. The summed E-state index contributed by atoms with van der Waals surface area (Å²) >= 11 is 7.56. The van der Waals surface area contributed by atoms with Crippen molar-refractivity contribution >= 4 is 46.5 Å². The number of nitrogens with zero attached hydrogens (tertiary/aromatic N) is 3. The summed E-state index contributed by atoms with van der Waals surface area (Å²) in [6.45, 7) is 2.04. The molecule has 0 amide bonds. The van der Waals surface area contributed by atoms with Crippen LogP contribution in [-0.4, -0.2) is 55.1 Å². The molecule has 4 atom stereocenters. The number of nitrogens with one attached hydrogen (secondary N) is 1. The van der Waals surface area contributed by atoms with Crippen LogP contribution in [0.5, 0.6) is 0 Å². The maximum Gasteiger partial charge on any atom is 0.121 e. The fourth-order valence-electron chi connectivity index (χ4n) is 3.99. The van der Waals surface area contributed by atoms with Gasteiger partial charge in [0.2, 0.25) is 0 Å². The Morgan fingerprint density at radius 3 is 2.81 bits per heavy atom. The lowest BCUT2D eigenvalue weighted by atomic mass is 9.45. The summed E-state index contributed by atoms with van der Waals surface area (Å²) in [5.41, 5.74) is -1.68. The number of hydrogen-bond donors (Lipinski definition) is 2. The SMILES string of the molecule is [B]C1([B])O[C@@]2(C[C@@H](c3cn(C)nn3)N[C@@H](C)C2)c2sc(Cl)cc2[C@]1([B])O. The zero-order chi connectivity index (χ0) is 18.9. The zero-order valence-corrected chi connectivity index (χ0v) is 16.0. The summed E-state index contributed by atoms with van der Waals surface area (Å²) in [5.74, 6) is 0. The number of aromatic nitrogens is 3. The number of hydrogen-bond acceptors (Lipinski definition) is 6. The van der Waals surface area contributed by atoms with Gasteiger partial charge in [-0.25, -0.2) is 0 Å². The smallest absolute Gasteiger partial charge is 0.121 e. The van der Waals surface area contributed by atoms with E-state index in [0.717, 1.165) is 10.6 Å². The van der Waals surface area contributed by atoms with Crippen molar-refractivity contribution in [2.75, 3.05) is 0 Å². The van der Waals surface area contributed by atoms with Crippen molar-refractivity contribution in [3.05, 3.63) is 32.7 Å². The van der Waals surface area contributed by atoms with Crippen molar-refractivity contribution in [1.29, 1.82) is 0 Å². The van der Waals surface area contributed by atoms with E-state index in [1.807, 2.05) is 20.2 Å². The Morgan fingerprint density at radius 2 is 2.15 bits per heavy atom. The highest BCUT2D eigenvalue weighted by molar-refractivity contribution is 7.16. The number of rotatable bonds is 1. The summed E-state index contributed by atoms with van der Waals surface area (Å²) in [7, 11) is 20.1. The molecule has 0 bridgehead atoms. The number of fused-ring (bicyclic) bond motifs is 2. The Kier molecular flexibility index (Phi) is 4.18. The number of halogens is 1. The number of piperidine rings is 1. The lowest BCUT2D eigenvalue weighted by Crippen LogP contribution is -2.64. The normalized spacial score (nSPS) is 36.2. The van der Waals surface area contributed by atoms with E-state index in [4.69, 9.17) is 39.9 Å². The largest absolute Gasteiger partial charge is 0.394 e. The molecular formula is C15H16B3ClN4O2S. The third-order valence-corrected chi connectivity index (χ3v) is 6.57. The highest BCUT2D eigenvalue weighted by Gasteiger charge is 2.57. The number of aliphatic hydroxyl groups is 1. The molecule has 1 saturated heterocycles. The lowest BCUT2D eigenvalue weighted by molar-refractivity contribution is -0.179. The van der Waals surface area contributed by atoms with E-state index in [1.54, 1.807) is 10.7 Å². The van der Waals surface area contributed by atoms with Crippen molar-refractivity contribution < 1.29 is 9.84 Å². The van der Waals surface area contributed by atoms with Crippen LogP contribution < -0.4 is 5.32 Å². The molecule has 4 heterocycles. The minimum absolute atomic E-state index is 0.0734. The van der Waals surface area contributed by atoms with Gasteiger partial charge in [0, 0.05) is 36.0 Å². The van der Waals surface area contributed by atoms with Gasteiger partial charge < -0.3 is 15.2 Å². The van der Waals surface area contributed by atoms with Gasteiger partial charge in [0.05, 0.1) is 21.6 Å². The van der Waals surface area contributed by atoms with Crippen LogP contribution in [0.4, 0.5) is 0 Å². The highest BCUT2D eigenvalue weighted by atomic mass is 35.5. The van der Waals surface area contributed by atoms with Crippen molar-refractivity contribution in [2.45, 2.75) is 48.4 Å². The molecule has 2 aliphatic heterocycles. The van der Waals surface area contributed by atoms with E-state index < -0.39 is 16.5 Å². The Balaban J connectivity index is 1.83. The summed E-state index contributed by atoms with van der Waals surface area (Å²) < 4.78 is 8.26. The van der Waals surface area contributed by atoms with Crippen LogP contribution in [0.1, 0.15) is 41.9 Å². The third kappa shape index (κ3) is 2.69. The maximum atomic E-state index is 10.7. The minimum atomic E-state index is -2.05. The van der Waals surface area contributed by atoms with Gasteiger partial charge in [0.25, 0.3) is 0 Å². The van der Waals surface area contributed by atoms with E-state index in [1.165, 1.54) is 11.3 Å². The molecule has 2 aromatic rings. The third-order valence-electron chi connectivity index (χ3n) is 5.12. The van der Waals surface area contributed by atoms with Crippen LogP contribution >= 0.6 is 22.9 Å². The van der Waals surface area contributed by atoms with Gasteiger partial charge in [0.15, 0.2) is 0 Å². The van der Waals surface area contributed by atoms with Gasteiger partial charge in [-0.05, 0) is 25.0 Å². The Morgan fingerprint density at radius 1 is 1.42 bits per heavy atom. The quantitative estimate of drug-likeness (QED) is 0.704. The van der Waals surface area contributed by atoms with Crippen LogP contribution in [0, 0.1) is 0 Å². The van der Waals surface area contributed by atoms with Crippen LogP contribution in [0.3, 0.4) is 0 Å². The van der Waals surface area contributed by atoms with Gasteiger partial charge in [-0.15, -0.1) is 16.4 Å². The molecule has 0 unspecified atom stereocenters. The van der Waals surface area contributed by atoms with E-state index in [0.29, 0.717) is 22.7 Å². The summed E-state index contributed by atoms with van der Waals surface area (Å²) in [6.07, 6.45) is 2.96. The van der Waals surface area contributed by atoms with E-state index in [2.05, 4.69) is 15.6 Å². The molecule has 26 heavy (non-hydrogen) atoms. The average Bonchev–Trinajstić information content (AvgIpc) is 3.11. The molecule has 0 saturated carbocycles. The number of thiophene rings is 1. The average molecular weight is 384 g/mol. The molecule has 0 aliphatic carbocycles. The van der Waals surface area contributed by atoms with E-state index in [-0.39, 0.29) is 12.1 Å². The second kappa shape index (κ2) is 5.85. The predicted molar refractivity (Wildman–Crippen MR) is 102 cm³/mol. The van der Waals surface area contributed by atoms with Crippen LogP contribution in [0.25, 0.3) is 0 Å². The molecule has 6 radical (unpaired) electrons. The number of aryl methyl sites for hydroxylation is 1. The van der Waals surface area contributed by atoms with Gasteiger partial charge in [-0.3, -0.25) is 4.68 Å². The topological polar surface area (TPSA) is 72.2 Å². The monoisotopic (exact) mass is 384 g/mol. The van der Waals surface area contributed by atoms with Gasteiger partial charge >= 0.3 is 0 Å². The van der Waals surface area contributed by atoms with Crippen LogP contribution in [0.2, 0.25) is 4.34 Å². The molecular weight excluding hydrogens is 368 g/mol. The molecule has 0 aromatic carbocycles.